The zero-order chi connectivity index (χ0) is 28.5. The van der Waals surface area contributed by atoms with Crippen molar-refractivity contribution < 1.29 is 30.3 Å². The van der Waals surface area contributed by atoms with Crippen molar-refractivity contribution >= 4 is 5.97 Å². The number of hydrogen-bond acceptors (Lipinski definition) is 5. The predicted octanol–water partition coefficient (Wildman–Crippen LogP) is 5.99. The van der Waals surface area contributed by atoms with Gasteiger partial charge in [-0.1, -0.05) is 64.7 Å². The van der Waals surface area contributed by atoms with Crippen molar-refractivity contribution in [3.05, 3.63) is 24.0 Å². The van der Waals surface area contributed by atoms with Gasteiger partial charge in [0.25, 0.3) is 0 Å². The van der Waals surface area contributed by atoms with Crippen LogP contribution in [0.2, 0.25) is 0 Å². The number of aromatic amines is 1. The topological polar surface area (TPSA) is 134 Å². The first-order chi connectivity index (χ1) is 18.8. The largest absolute Gasteiger partial charge is 0.481 e. The zero-order valence-corrected chi connectivity index (χ0v) is 24.4. The molecular weight excluding hydrogens is 494 g/mol. The summed E-state index contributed by atoms with van der Waals surface area (Å²) in [5.41, 5.74) is 0.309. The van der Waals surface area contributed by atoms with Gasteiger partial charge in [0.05, 0.1) is 23.7 Å². The van der Waals surface area contributed by atoms with Crippen molar-refractivity contribution in [1.82, 2.24) is 4.98 Å². The Kier molecular flexibility index (Phi) is 16.3. The fourth-order valence-electron chi connectivity index (χ4n) is 6.64. The highest BCUT2D eigenvalue weighted by Gasteiger charge is 2.44. The average molecular weight is 552 g/mol. The molecular formula is C32H57NO6. The fraction of sp³-hybridized carbons (Fsp3) is 0.844. The number of aliphatic hydroxyl groups excluding tert-OH is 3. The van der Waals surface area contributed by atoms with E-state index in [1.807, 2.05) is 12.4 Å². The predicted molar refractivity (Wildman–Crippen MR) is 155 cm³/mol. The van der Waals surface area contributed by atoms with Gasteiger partial charge in [-0.05, 0) is 87.7 Å². The van der Waals surface area contributed by atoms with Gasteiger partial charge in [0, 0.05) is 19.0 Å². The Labute approximate surface area is 236 Å². The molecule has 0 spiro atoms. The third-order valence-electron chi connectivity index (χ3n) is 8.97. The number of aromatic nitrogens is 1. The Morgan fingerprint density at radius 1 is 0.949 bits per heavy atom. The van der Waals surface area contributed by atoms with Gasteiger partial charge in [0.1, 0.15) is 0 Å². The van der Waals surface area contributed by atoms with Gasteiger partial charge in [-0.25, -0.2) is 0 Å². The summed E-state index contributed by atoms with van der Waals surface area (Å²) < 4.78 is 0. The number of carboxylic acids is 1. The molecule has 39 heavy (non-hydrogen) atoms. The molecule has 1 aromatic rings. The molecule has 226 valence electrons. The first-order valence-electron chi connectivity index (χ1n) is 15.8. The molecule has 7 heteroatoms. The van der Waals surface area contributed by atoms with Crippen molar-refractivity contribution in [3.8, 4) is 0 Å². The summed E-state index contributed by atoms with van der Waals surface area (Å²) in [4.78, 5) is 15.0. The number of hydrogen-bond donors (Lipinski definition) is 6. The Morgan fingerprint density at radius 2 is 1.59 bits per heavy atom. The minimum Gasteiger partial charge on any atom is -0.481 e. The molecule has 0 unspecified atom stereocenters. The van der Waals surface area contributed by atoms with Crippen LogP contribution in [-0.4, -0.2) is 60.9 Å². The molecule has 6 N–H and O–H groups in total. The van der Waals surface area contributed by atoms with Crippen LogP contribution in [0.4, 0.5) is 0 Å². The standard InChI is InChI=1S/C32H57NO6/c1-2-3-4-5-8-13-28(35)14-9-6-7-10-15-29(31(37)38)30(36)16-18-32(39)22-26(12-11-20-34)27(23-32)21-25-17-19-33-24-25/h17,19,24,26-30,33-36,39H,2-16,18,20-23H2,1H3,(H,37,38)/t26-,27-,28+,29+,30-,32-/m1/s1. The maximum atomic E-state index is 11.9. The molecule has 1 aromatic heterocycles. The Bertz CT molecular complexity index is 756. The van der Waals surface area contributed by atoms with Crippen LogP contribution in [0.1, 0.15) is 128 Å². The van der Waals surface area contributed by atoms with Gasteiger partial charge in [0.2, 0.25) is 0 Å². The minimum absolute atomic E-state index is 0.143. The number of carboxylic acid groups (broad SMARTS) is 1. The van der Waals surface area contributed by atoms with E-state index in [1.165, 1.54) is 31.2 Å². The first-order valence-corrected chi connectivity index (χ1v) is 15.8. The summed E-state index contributed by atoms with van der Waals surface area (Å²) in [7, 11) is 0. The SMILES string of the molecule is CCCCCCC[C@H](O)CCCCCC[C@H](C(=O)O)[C@H](O)CC[C@@]1(O)C[C@@H](CCCO)[C@H](Cc2cc[nH]c2)C1. The molecule has 0 radical (unpaired) electrons. The smallest absolute Gasteiger partial charge is 0.309 e. The second-order valence-electron chi connectivity index (χ2n) is 12.3. The van der Waals surface area contributed by atoms with E-state index in [2.05, 4.69) is 18.0 Å². The van der Waals surface area contributed by atoms with Crippen molar-refractivity contribution in [3.63, 3.8) is 0 Å². The molecule has 1 saturated carbocycles. The second-order valence-corrected chi connectivity index (χ2v) is 12.3. The highest BCUT2D eigenvalue weighted by atomic mass is 16.4. The Hall–Kier alpha value is -1.41. The minimum atomic E-state index is -0.972. The van der Waals surface area contributed by atoms with Gasteiger partial charge >= 0.3 is 5.97 Å². The third-order valence-corrected chi connectivity index (χ3v) is 8.97. The number of aliphatic hydroxyl groups is 4. The van der Waals surface area contributed by atoms with Crippen molar-refractivity contribution in [2.75, 3.05) is 6.61 Å². The van der Waals surface area contributed by atoms with Crippen LogP contribution >= 0.6 is 0 Å². The summed E-state index contributed by atoms with van der Waals surface area (Å²) in [6.07, 6.45) is 18.8. The Balaban J connectivity index is 1.70. The van der Waals surface area contributed by atoms with Crippen LogP contribution in [0.15, 0.2) is 18.5 Å². The van der Waals surface area contributed by atoms with Gasteiger partial charge in [-0.3, -0.25) is 4.79 Å². The molecule has 1 aliphatic rings. The van der Waals surface area contributed by atoms with Gasteiger partial charge in [0.15, 0.2) is 0 Å². The molecule has 0 bridgehead atoms. The van der Waals surface area contributed by atoms with Crippen LogP contribution in [0.5, 0.6) is 0 Å². The van der Waals surface area contributed by atoms with E-state index in [0.29, 0.717) is 43.9 Å². The highest BCUT2D eigenvalue weighted by molar-refractivity contribution is 5.70. The molecule has 0 saturated heterocycles. The van der Waals surface area contributed by atoms with E-state index in [4.69, 9.17) is 0 Å². The summed E-state index contributed by atoms with van der Waals surface area (Å²) in [6.45, 7) is 2.34. The maximum absolute atomic E-state index is 11.9. The fourth-order valence-corrected chi connectivity index (χ4v) is 6.64. The molecule has 1 aliphatic carbocycles. The quantitative estimate of drug-likeness (QED) is 0.0925. The molecule has 0 aliphatic heterocycles. The lowest BCUT2D eigenvalue weighted by Gasteiger charge is -2.26. The van der Waals surface area contributed by atoms with Crippen LogP contribution in [0.25, 0.3) is 0 Å². The summed E-state index contributed by atoms with van der Waals surface area (Å²) >= 11 is 0. The van der Waals surface area contributed by atoms with Gasteiger partial charge < -0.3 is 30.5 Å². The van der Waals surface area contributed by atoms with Crippen molar-refractivity contribution in [2.24, 2.45) is 17.8 Å². The van der Waals surface area contributed by atoms with Crippen LogP contribution in [-0.2, 0) is 11.2 Å². The monoisotopic (exact) mass is 551 g/mol. The number of aliphatic carboxylic acids is 1. The van der Waals surface area contributed by atoms with Crippen LogP contribution in [0.3, 0.4) is 0 Å². The van der Waals surface area contributed by atoms with Gasteiger partial charge in [-0.15, -0.1) is 0 Å². The lowest BCUT2D eigenvalue weighted by atomic mass is 9.87. The third kappa shape index (κ3) is 13.2. The number of carbonyl (C=O) groups is 1. The van der Waals surface area contributed by atoms with E-state index in [-0.39, 0.29) is 19.1 Å². The maximum Gasteiger partial charge on any atom is 0.309 e. The zero-order valence-electron chi connectivity index (χ0n) is 24.4. The lowest BCUT2D eigenvalue weighted by molar-refractivity contribution is -0.146. The molecule has 0 amide bonds. The summed E-state index contributed by atoms with van der Waals surface area (Å²) in [5, 5.41) is 51.4. The van der Waals surface area contributed by atoms with E-state index < -0.39 is 23.6 Å². The van der Waals surface area contributed by atoms with Crippen molar-refractivity contribution in [1.29, 1.82) is 0 Å². The van der Waals surface area contributed by atoms with E-state index >= 15 is 0 Å². The van der Waals surface area contributed by atoms with Crippen LogP contribution in [0, 0.1) is 17.8 Å². The summed E-state index contributed by atoms with van der Waals surface area (Å²) in [6, 6.07) is 2.05. The molecule has 2 rings (SSSR count). The molecule has 6 atom stereocenters. The first kappa shape index (κ1) is 33.8. The normalized spacial score (nSPS) is 23.6. The lowest BCUT2D eigenvalue weighted by Crippen LogP contribution is -2.32. The second kappa shape index (κ2) is 18.8. The number of unbranched alkanes of at least 4 members (excludes halogenated alkanes) is 7. The Morgan fingerprint density at radius 3 is 2.18 bits per heavy atom. The van der Waals surface area contributed by atoms with Gasteiger partial charge in [-0.2, -0.15) is 0 Å². The van der Waals surface area contributed by atoms with Crippen LogP contribution < -0.4 is 0 Å². The highest BCUT2D eigenvalue weighted by Crippen LogP contribution is 2.46. The number of H-pyrrole nitrogens is 1. The van der Waals surface area contributed by atoms with E-state index in [9.17, 15) is 30.3 Å². The molecule has 1 heterocycles. The number of rotatable bonds is 23. The average Bonchev–Trinajstić information content (AvgIpc) is 3.53. The number of nitrogens with one attached hydrogen (secondary N) is 1. The van der Waals surface area contributed by atoms with Crippen molar-refractivity contribution in [2.45, 2.75) is 147 Å². The molecule has 7 nitrogen and oxygen atoms in total. The molecule has 0 aromatic carbocycles. The van der Waals surface area contributed by atoms with E-state index in [1.54, 1.807) is 0 Å². The van der Waals surface area contributed by atoms with E-state index in [0.717, 1.165) is 57.8 Å². The molecule has 1 fully saturated rings. The summed E-state index contributed by atoms with van der Waals surface area (Å²) in [5.74, 6) is -1.16.